The lowest BCUT2D eigenvalue weighted by atomic mass is 9.76. The molecule has 1 aliphatic heterocycles. The van der Waals surface area contributed by atoms with Crippen LogP contribution in [0.1, 0.15) is 77.5 Å². The van der Waals surface area contributed by atoms with Crippen LogP contribution in [0, 0.1) is 5.41 Å². The lowest BCUT2D eigenvalue weighted by molar-refractivity contribution is -0.274. The van der Waals surface area contributed by atoms with Crippen molar-refractivity contribution in [3.8, 4) is 11.5 Å². The highest BCUT2D eigenvalue weighted by molar-refractivity contribution is 5.91. The molecule has 9 heteroatoms. The molecule has 1 heterocycles. The van der Waals surface area contributed by atoms with Crippen LogP contribution in [0.5, 0.6) is 11.5 Å². The van der Waals surface area contributed by atoms with Gasteiger partial charge in [0.05, 0.1) is 7.11 Å². The number of unbranched alkanes of at least 4 members (excludes halogenated alkanes) is 2. The third-order valence-corrected chi connectivity index (χ3v) is 7.32. The Bertz CT molecular complexity index is 1420. The number of methoxy groups -OCH3 is 1. The van der Waals surface area contributed by atoms with E-state index < -0.39 is 11.8 Å². The van der Waals surface area contributed by atoms with Gasteiger partial charge in [0.25, 0.3) is 0 Å². The van der Waals surface area contributed by atoms with Crippen LogP contribution in [0.15, 0.2) is 89.6 Å². The van der Waals surface area contributed by atoms with Crippen molar-refractivity contribution in [2.45, 2.75) is 79.0 Å². The van der Waals surface area contributed by atoms with Crippen molar-refractivity contribution in [2.24, 2.45) is 4.99 Å². The first-order chi connectivity index (χ1) is 22.1. The Morgan fingerprint density at radius 3 is 2.22 bits per heavy atom. The molecule has 0 amide bonds. The maximum atomic E-state index is 12.9. The zero-order chi connectivity index (χ0) is 34.2. The van der Waals surface area contributed by atoms with Crippen molar-refractivity contribution in [1.29, 1.82) is 5.41 Å². The molecule has 3 aromatic rings. The van der Waals surface area contributed by atoms with Crippen molar-refractivity contribution in [3.05, 3.63) is 101 Å². The molecule has 6 nitrogen and oxygen atoms in total. The predicted molar refractivity (Wildman–Crippen MR) is 183 cm³/mol. The summed E-state index contributed by atoms with van der Waals surface area (Å²) in [4.78, 5) is 6.49. The summed E-state index contributed by atoms with van der Waals surface area (Å²) in [5, 5.41) is 8.07. The number of ether oxygens (including phenoxy) is 3. The molecule has 0 aliphatic carbocycles. The third kappa shape index (κ3) is 10.7. The van der Waals surface area contributed by atoms with E-state index in [1.54, 1.807) is 37.6 Å². The SMILES string of the molecule is CC.CCCCC.CCN1/C(=C\C=N/COC(=N)c2ccccc2)C(C)(Cc2cccc(OC(F)(F)F)c2)c2cc(OC)ccc21. The summed E-state index contributed by atoms with van der Waals surface area (Å²) < 4.78 is 53.7. The normalized spacial score (nSPS) is 16.2. The highest BCUT2D eigenvalue weighted by Gasteiger charge is 2.43. The van der Waals surface area contributed by atoms with Gasteiger partial charge in [-0.2, -0.15) is 0 Å². The van der Waals surface area contributed by atoms with Crippen molar-refractivity contribution in [3.63, 3.8) is 0 Å². The average molecular weight is 640 g/mol. The van der Waals surface area contributed by atoms with Gasteiger partial charge in [-0.15, -0.1) is 13.2 Å². The molecule has 0 saturated heterocycles. The second-order valence-corrected chi connectivity index (χ2v) is 10.5. The summed E-state index contributed by atoms with van der Waals surface area (Å²) in [6, 6.07) is 21.0. The number of fused-ring (bicyclic) bond motifs is 1. The molecule has 250 valence electrons. The van der Waals surface area contributed by atoms with Crippen LogP contribution in [-0.4, -0.2) is 38.9 Å². The fraction of sp³-hybridized carbons (Fsp3) is 0.405. The van der Waals surface area contributed by atoms with Gasteiger partial charge in [-0.25, -0.2) is 0 Å². The molecule has 1 unspecified atom stereocenters. The minimum absolute atomic E-state index is 0.0294. The van der Waals surface area contributed by atoms with Crippen molar-refractivity contribution < 1.29 is 27.4 Å². The van der Waals surface area contributed by atoms with E-state index in [-0.39, 0.29) is 18.4 Å². The Balaban J connectivity index is 0.000000959. The fourth-order valence-corrected chi connectivity index (χ4v) is 5.24. The number of allylic oxidation sites excluding steroid dienone is 2. The van der Waals surface area contributed by atoms with Crippen LogP contribution in [0.25, 0.3) is 0 Å². The van der Waals surface area contributed by atoms with Crippen LogP contribution < -0.4 is 14.4 Å². The van der Waals surface area contributed by atoms with E-state index in [9.17, 15) is 13.2 Å². The standard InChI is InChI=1S/C30H30F3N3O3.C5H12.C2H6/c1-4-36-26-14-13-23(37-3)18-25(26)29(2,19-21-9-8-12-24(17-21)39-30(31,32)33)27(36)15-16-35-20-38-28(34)22-10-6-5-7-11-22;1-3-5-4-2;1-2/h5-18,34H,4,19-20H2,1-3H3;3-5H2,1-2H3;1-2H3/b27-15-,34-28?,35-16-;;. The van der Waals surface area contributed by atoms with Gasteiger partial charge in [-0.1, -0.05) is 77.3 Å². The minimum Gasteiger partial charge on any atom is -0.497 e. The first kappa shape index (κ1) is 37.9. The second kappa shape index (κ2) is 18.6. The van der Waals surface area contributed by atoms with Crippen LogP contribution in [0.4, 0.5) is 18.9 Å². The van der Waals surface area contributed by atoms with E-state index in [0.717, 1.165) is 16.9 Å². The maximum absolute atomic E-state index is 12.9. The number of halogens is 3. The fourth-order valence-electron chi connectivity index (χ4n) is 5.24. The molecule has 4 rings (SSSR count). The Morgan fingerprint density at radius 1 is 0.935 bits per heavy atom. The number of likely N-dealkylation sites (N-methyl/N-ethyl adjacent to an activating group) is 1. The molecule has 1 N–H and O–H groups in total. The summed E-state index contributed by atoms with van der Waals surface area (Å²) >= 11 is 0. The van der Waals surface area contributed by atoms with E-state index in [2.05, 4.69) is 35.4 Å². The molecule has 0 fully saturated rings. The number of hydrogen-bond acceptors (Lipinski definition) is 6. The van der Waals surface area contributed by atoms with E-state index in [4.69, 9.17) is 14.9 Å². The van der Waals surface area contributed by atoms with Crippen LogP contribution in [0.2, 0.25) is 0 Å². The number of nitrogens with zero attached hydrogens (tertiary/aromatic N) is 2. The van der Waals surface area contributed by atoms with Crippen molar-refractivity contribution in [1.82, 2.24) is 0 Å². The number of alkyl halides is 3. The van der Waals surface area contributed by atoms with Crippen molar-refractivity contribution in [2.75, 3.05) is 25.3 Å². The minimum atomic E-state index is -4.77. The number of hydrogen-bond donors (Lipinski definition) is 1. The smallest absolute Gasteiger partial charge is 0.497 e. The highest BCUT2D eigenvalue weighted by atomic mass is 19.4. The topological polar surface area (TPSA) is 67.1 Å². The Morgan fingerprint density at radius 2 is 1.63 bits per heavy atom. The molecule has 3 aromatic carbocycles. The van der Waals surface area contributed by atoms with E-state index in [1.807, 2.05) is 63.2 Å². The van der Waals surface area contributed by atoms with E-state index >= 15 is 0 Å². The van der Waals surface area contributed by atoms with Gasteiger partial charge in [0.1, 0.15) is 11.5 Å². The lowest BCUT2D eigenvalue weighted by Gasteiger charge is -2.30. The number of anilines is 1. The lowest BCUT2D eigenvalue weighted by Crippen LogP contribution is -2.30. The van der Waals surface area contributed by atoms with E-state index in [0.29, 0.717) is 29.8 Å². The number of aliphatic imine (C=N–C) groups is 1. The molecule has 0 saturated carbocycles. The molecule has 0 radical (unpaired) electrons. The number of benzene rings is 3. The van der Waals surface area contributed by atoms with E-state index in [1.165, 1.54) is 31.4 Å². The summed E-state index contributed by atoms with van der Waals surface area (Å²) in [6.07, 6.45) is 3.25. The quantitative estimate of drug-likeness (QED) is 0.168. The summed E-state index contributed by atoms with van der Waals surface area (Å²) in [5.41, 5.74) is 3.65. The Labute approximate surface area is 272 Å². The first-order valence-electron chi connectivity index (χ1n) is 15.8. The van der Waals surface area contributed by atoms with Gasteiger partial charge in [0.15, 0.2) is 6.73 Å². The molecule has 1 atom stereocenters. The Hall–Kier alpha value is -4.27. The summed E-state index contributed by atoms with van der Waals surface area (Å²) in [6.45, 7) is 13.2. The molecule has 0 aromatic heterocycles. The van der Waals surface area contributed by atoms with Gasteiger partial charge in [0.2, 0.25) is 5.90 Å². The van der Waals surface area contributed by atoms with Crippen molar-refractivity contribution >= 4 is 17.8 Å². The molecular weight excluding hydrogens is 591 g/mol. The van der Waals surface area contributed by atoms with Crippen LogP contribution in [-0.2, 0) is 16.6 Å². The summed E-state index contributed by atoms with van der Waals surface area (Å²) in [5.74, 6) is 0.458. The summed E-state index contributed by atoms with van der Waals surface area (Å²) in [7, 11) is 1.60. The van der Waals surface area contributed by atoms with Gasteiger partial charge >= 0.3 is 6.36 Å². The highest BCUT2D eigenvalue weighted by Crippen LogP contribution is 2.50. The van der Waals surface area contributed by atoms with Gasteiger partial charge < -0.3 is 19.1 Å². The molecule has 0 spiro atoms. The van der Waals surface area contributed by atoms with Gasteiger partial charge in [-0.3, -0.25) is 10.4 Å². The molecule has 46 heavy (non-hydrogen) atoms. The second-order valence-electron chi connectivity index (χ2n) is 10.5. The third-order valence-electron chi connectivity index (χ3n) is 7.32. The maximum Gasteiger partial charge on any atom is 0.573 e. The first-order valence-corrected chi connectivity index (χ1v) is 15.8. The zero-order valence-corrected chi connectivity index (χ0v) is 28.1. The average Bonchev–Trinajstić information content (AvgIpc) is 3.28. The number of rotatable bonds is 11. The van der Waals surface area contributed by atoms with Crippen LogP contribution in [0.3, 0.4) is 0 Å². The predicted octanol–water partition coefficient (Wildman–Crippen LogP) is 10.1. The van der Waals surface area contributed by atoms with Gasteiger partial charge in [-0.05, 0) is 79.9 Å². The largest absolute Gasteiger partial charge is 0.573 e. The zero-order valence-electron chi connectivity index (χ0n) is 28.1. The monoisotopic (exact) mass is 639 g/mol. The number of nitrogens with one attached hydrogen (secondary N) is 1. The molecule has 1 aliphatic rings. The Kier molecular flexibility index (Phi) is 15.4. The molecule has 0 bridgehead atoms. The van der Waals surface area contributed by atoms with Crippen LogP contribution >= 0.6 is 0 Å². The molecular formula is C37H48F3N3O3. The van der Waals surface area contributed by atoms with Gasteiger partial charge in [0, 0.05) is 35.1 Å².